The monoisotopic (exact) mass is 451 g/mol. The van der Waals surface area contributed by atoms with Crippen LogP contribution < -0.4 is 14.8 Å². The van der Waals surface area contributed by atoms with Crippen LogP contribution in [0.4, 0.5) is 0 Å². The third-order valence-electron chi connectivity index (χ3n) is 3.97. The van der Waals surface area contributed by atoms with Gasteiger partial charge in [0.25, 0.3) is 0 Å². The van der Waals surface area contributed by atoms with E-state index in [1.165, 1.54) is 12.8 Å². The molecular weight excluding hydrogens is 429 g/mol. The van der Waals surface area contributed by atoms with Gasteiger partial charge in [-0.25, -0.2) is 0 Å². The smallest absolute Gasteiger partial charge is 0.193 e. The van der Waals surface area contributed by atoms with Gasteiger partial charge in [-0.15, -0.1) is 24.0 Å². The van der Waals surface area contributed by atoms with Crippen molar-refractivity contribution in [3.05, 3.63) is 22.7 Å². The standard InChI is InChI=1S/C16H22ClN3O2.HI/c1-18-16(20-6-2-3-7-20)19-5-4-12-10-13(17)15-14(11-12)21-8-9-22-15;/h10-11H,2-9H2,1H3,(H,18,19);1H. The zero-order chi connectivity index (χ0) is 15.4. The Hall–Kier alpha value is -0.890. The zero-order valence-corrected chi connectivity index (χ0v) is 16.4. The number of rotatable bonds is 3. The Morgan fingerprint density at radius 2 is 2.00 bits per heavy atom. The Bertz CT molecular complexity index is 563. The van der Waals surface area contributed by atoms with Crippen molar-refractivity contribution in [3.8, 4) is 11.5 Å². The van der Waals surface area contributed by atoms with Crippen molar-refractivity contribution in [2.75, 3.05) is 39.9 Å². The van der Waals surface area contributed by atoms with E-state index in [-0.39, 0.29) is 24.0 Å². The summed E-state index contributed by atoms with van der Waals surface area (Å²) in [5, 5.41) is 4.04. The minimum Gasteiger partial charge on any atom is -0.486 e. The molecule has 23 heavy (non-hydrogen) atoms. The van der Waals surface area contributed by atoms with Crippen LogP contribution in [0.25, 0.3) is 0 Å². The molecule has 0 bridgehead atoms. The van der Waals surface area contributed by atoms with Crippen LogP contribution in [-0.2, 0) is 6.42 Å². The largest absolute Gasteiger partial charge is 0.486 e. The van der Waals surface area contributed by atoms with Crippen LogP contribution >= 0.6 is 35.6 Å². The second-order valence-electron chi connectivity index (χ2n) is 5.52. The maximum absolute atomic E-state index is 6.26. The van der Waals surface area contributed by atoms with E-state index in [2.05, 4.69) is 15.2 Å². The topological polar surface area (TPSA) is 46.1 Å². The van der Waals surface area contributed by atoms with Crippen molar-refractivity contribution in [1.29, 1.82) is 0 Å². The van der Waals surface area contributed by atoms with Gasteiger partial charge >= 0.3 is 0 Å². The van der Waals surface area contributed by atoms with Gasteiger partial charge in [-0.2, -0.15) is 0 Å². The molecule has 3 rings (SSSR count). The van der Waals surface area contributed by atoms with Crippen molar-refractivity contribution >= 4 is 41.5 Å². The first-order valence-electron chi connectivity index (χ1n) is 7.81. The molecule has 0 saturated carbocycles. The third kappa shape index (κ3) is 4.56. The van der Waals surface area contributed by atoms with Crippen LogP contribution in [0.5, 0.6) is 11.5 Å². The van der Waals surface area contributed by atoms with Crippen molar-refractivity contribution in [2.24, 2.45) is 4.99 Å². The molecule has 1 saturated heterocycles. The average Bonchev–Trinajstić information content (AvgIpc) is 3.06. The lowest BCUT2D eigenvalue weighted by Crippen LogP contribution is -2.40. The summed E-state index contributed by atoms with van der Waals surface area (Å²) in [6.07, 6.45) is 3.36. The fraction of sp³-hybridized carbons (Fsp3) is 0.562. The summed E-state index contributed by atoms with van der Waals surface area (Å²) in [7, 11) is 1.83. The number of guanidine groups is 1. The SMILES string of the molecule is CN=C(NCCc1cc(Cl)c2c(c1)OCCO2)N1CCCC1.I. The van der Waals surface area contributed by atoms with Crippen LogP contribution in [0, 0.1) is 0 Å². The lowest BCUT2D eigenvalue weighted by molar-refractivity contribution is 0.171. The number of halogens is 2. The van der Waals surface area contributed by atoms with Gasteiger partial charge in [0.2, 0.25) is 0 Å². The molecule has 0 atom stereocenters. The van der Waals surface area contributed by atoms with Gasteiger partial charge in [0, 0.05) is 26.7 Å². The average molecular weight is 452 g/mol. The summed E-state index contributed by atoms with van der Waals surface area (Å²) in [5.41, 5.74) is 1.14. The molecule has 0 aliphatic carbocycles. The Kier molecular flexibility index (Phi) is 7.08. The number of likely N-dealkylation sites (tertiary alicyclic amines) is 1. The molecule has 0 spiro atoms. The van der Waals surface area contributed by atoms with Crippen molar-refractivity contribution in [1.82, 2.24) is 10.2 Å². The lowest BCUT2D eigenvalue weighted by Gasteiger charge is -2.22. The molecule has 0 amide bonds. The van der Waals surface area contributed by atoms with Crippen LogP contribution in [0.2, 0.25) is 5.02 Å². The van der Waals surface area contributed by atoms with E-state index in [0.29, 0.717) is 24.0 Å². The number of nitrogens with one attached hydrogen (secondary N) is 1. The molecule has 1 fully saturated rings. The lowest BCUT2D eigenvalue weighted by atomic mass is 10.1. The van der Waals surface area contributed by atoms with E-state index in [9.17, 15) is 0 Å². The van der Waals surface area contributed by atoms with E-state index < -0.39 is 0 Å². The minimum absolute atomic E-state index is 0. The predicted molar refractivity (Wildman–Crippen MR) is 104 cm³/mol. The van der Waals surface area contributed by atoms with Gasteiger partial charge in [-0.05, 0) is 37.0 Å². The van der Waals surface area contributed by atoms with Gasteiger partial charge < -0.3 is 19.7 Å². The molecule has 1 aromatic rings. The second kappa shape index (κ2) is 8.82. The van der Waals surface area contributed by atoms with Crippen LogP contribution in [0.1, 0.15) is 18.4 Å². The normalized spacial score (nSPS) is 17.0. The molecule has 128 valence electrons. The number of fused-ring (bicyclic) bond motifs is 1. The number of aliphatic imine (C=N–C) groups is 1. The molecule has 2 aliphatic heterocycles. The van der Waals surface area contributed by atoms with E-state index in [4.69, 9.17) is 21.1 Å². The highest BCUT2D eigenvalue weighted by Gasteiger charge is 2.17. The van der Waals surface area contributed by atoms with E-state index in [1.807, 2.05) is 19.2 Å². The van der Waals surface area contributed by atoms with Gasteiger partial charge in [0.05, 0.1) is 5.02 Å². The number of hydrogen-bond acceptors (Lipinski definition) is 3. The maximum atomic E-state index is 6.26. The first-order chi connectivity index (χ1) is 10.8. The van der Waals surface area contributed by atoms with Crippen molar-refractivity contribution in [2.45, 2.75) is 19.3 Å². The van der Waals surface area contributed by atoms with Gasteiger partial charge in [0.15, 0.2) is 17.5 Å². The fourth-order valence-electron chi connectivity index (χ4n) is 2.89. The van der Waals surface area contributed by atoms with Crippen LogP contribution in [0.15, 0.2) is 17.1 Å². The van der Waals surface area contributed by atoms with Crippen molar-refractivity contribution in [3.63, 3.8) is 0 Å². The fourth-order valence-corrected chi connectivity index (χ4v) is 3.18. The molecule has 7 heteroatoms. The molecule has 0 aromatic heterocycles. The first kappa shape index (κ1) is 18.4. The van der Waals surface area contributed by atoms with Gasteiger partial charge in [-0.1, -0.05) is 11.6 Å². The first-order valence-corrected chi connectivity index (χ1v) is 8.19. The Morgan fingerprint density at radius 3 is 2.74 bits per heavy atom. The molecular formula is C16H23ClIN3O2. The highest BCUT2D eigenvalue weighted by Crippen LogP contribution is 2.38. The molecule has 1 aromatic carbocycles. The molecule has 0 radical (unpaired) electrons. The predicted octanol–water partition coefficient (Wildman–Crippen LogP) is 2.94. The number of ether oxygens (including phenoxy) is 2. The quantitative estimate of drug-likeness (QED) is 0.436. The van der Waals surface area contributed by atoms with Gasteiger partial charge in [-0.3, -0.25) is 4.99 Å². The number of benzene rings is 1. The molecule has 2 heterocycles. The van der Waals surface area contributed by atoms with E-state index in [0.717, 1.165) is 43.3 Å². The Labute approximate surface area is 159 Å². The molecule has 0 unspecified atom stereocenters. The Morgan fingerprint density at radius 1 is 1.26 bits per heavy atom. The highest BCUT2D eigenvalue weighted by molar-refractivity contribution is 14.0. The van der Waals surface area contributed by atoms with Crippen LogP contribution in [-0.4, -0.2) is 50.8 Å². The molecule has 1 N–H and O–H groups in total. The molecule has 2 aliphatic rings. The zero-order valence-electron chi connectivity index (χ0n) is 13.3. The second-order valence-corrected chi connectivity index (χ2v) is 5.93. The van der Waals surface area contributed by atoms with E-state index in [1.54, 1.807) is 0 Å². The minimum atomic E-state index is 0. The summed E-state index contributed by atoms with van der Waals surface area (Å²) < 4.78 is 11.2. The number of hydrogen-bond donors (Lipinski definition) is 1. The highest BCUT2D eigenvalue weighted by atomic mass is 127. The summed E-state index contributed by atoms with van der Waals surface area (Å²) >= 11 is 6.26. The van der Waals surface area contributed by atoms with Gasteiger partial charge in [0.1, 0.15) is 13.2 Å². The summed E-state index contributed by atoms with van der Waals surface area (Å²) in [5.74, 6) is 2.40. The summed E-state index contributed by atoms with van der Waals surface area (Å²) in [4.78, 5) is 6.65. The maximum Gasteiger partial charge on any atom is 0.193 e. The Balaban J connectivity index is 0.00000192. The summed E-state index contributed by atoms with van der Waals surface area (Å²) in [6, 6.07) is 3.97. The van der Waals surface area contributed by atoms with Crippen molar-refractivity contribution < 1.29 is 9.47 Å². The number of nitrogens with zero attached hydrogens (tertiary/aromatic N) is 2. The molecule has 5 nitrogen and oxygen atoms in total. The third-order valence-corrected chi connectivity index (χ3v) is 4.25. The van der Waals surface area contributed by atoms with Crippen LogP contribution in [0.3, 0.4) is 0 Å². The summed E-state index contributed by atoms with van der Waals surface area (Å²) in [6.45, 7) is 4.14. The van der Waals surface area contributed by atoms with E-state index >= 15 is 0 Å².